The Morgan fingerprint density at radius 2 is 1.80 bits per heavy atom. The van der Waals surface area contributed by atoms with E-state index in [0.717, 1.165) is 39.0 Å². The highest BCUT2D eigenvalue weighted by atomic mass is 16.5. The van der Waals surface area contributed by atoms with Crippen LogP contribution in [0.15, 0.2) is 12.4 Å². The molecule has 0 spiro atoms. The van der Waals surface area contributed by atoms with Crippen LogP contribution in [-0.4, -0.2) is 71.6 Å². The number of likely N-dealkylation sites (tertiary alicyclic amines) is 2. The first kappa shape index (κ1) is 17.9. The molecule has 0 aliphatic carbocycles. The monoisotopic (exact) mass is 347 g/mol. The predicted molar refractivity (Wildman–Crippen MR) is 96.7 cm³/mol. The third-order valence-corrected chi connectivity index (χ3v) is 5.10. The standard InChI is InChI=1S/C18H29N5O2/c1-25-18-17(19-8-9-20-18)21-15-6-12-23(13-7-15)16(24)14-22-10-4-2-3-5-11-22/h8-9,15H,2-7,10-14H2,1H3,(H,19,21). The van der Waals surface area contributed by atoms with Crippen molar-refractivity contribution in [3.8, 4) is 5.88 Å². The number of methoxy groups -OCH3 is 1. The molecule has 7 heteroatoms. The summed E-state index contributed by atoms with van der Waals surface area (Å²) in [6.45, 7) is 4.31. The topological polar surface area (TPSA) is 70.6 Å². The summed E-state index contributed by atoms with van der Waals surface area (Å²) in [6.07, 6.45) is 10.2. The van der Waals surface area contributed by atoms with Gasteiger partial charge in [-0.2, -0.15) is 0 Å². The van der Waals surface area contributed by atoms with E-state index in [0.29, 0.717) is 24.3 Å². The summed E-state index contributed by atoms with van der Waals surface area (Å²) in [4.78, 5) is 25.4. The zero-order valence-electron chi connectivity index (χ0n) is 15.1. The summed E-state index contributed by atoms with van der Waals surface area (Å²) >= 11 is 0. The number of amides is 1. The minimum absolute atomic E-state index is 0.275. The van der Waals surface area contributed by atoms with Gasteiger partial charge in [-0.1, -0.05) is 12.8 Å². The molecule has 0 saturated carbocycles. The van der Waals surface area contributed by atoms with Crippen LogP contribution in [-0.2, 0) is 4.79 Å². The number of anilines is 1. The lowest BCUT2D eigenvalue weighted by atomic mass is 10.0. The minimum Gasteiger partial charge on any atom is -0.478 e. The van der Waals surface area contributed by atoms with E-state index in [4.69, 9.17) is 4.74 Å². The van der Waals surface area contributed by atoms with Gasteiger partial charge in [-0.15, -0.1) is 0 Å². The Balaban J connectivity index is 1.45. The number of ether oxygens (including phenoxy) is 1. The molecule has 2 saturated heterocycles. The largest absolute Gasteiger partial charge is 0.478 e. The summed E-state index contributed by atoms with van der Waals surface area (Å²) in [5.41, 5.74) is 0. The summed E-state index contributed by atoms with van der Waals surface area (Å²) in [5, 5.41) is 3.40. The van der Waals surface area contributed by atoms with Gasteiger partial charge in [0.25, 0.3) is 5.88 Å². The molecule has 25 heavy (non-hydrogen) atoms. The lowest BCUT2D eigenvalue weighted by Gasteiger charge is -2.34. The molecule has 2 fully saturated rings. The quantitative estimate of drug-likeness (QED) is 0.875. The highest BCUT2D eigenvalue weighted by molar-refractivity contribution is 5.78. The smallest absolute Gasteiger partial charge is 0.257 e. The second-order valence-electron chi connectivity index (χ2n) is 6.90. The van der Waals surface area contributed by atoms with E-state index in [9.17, 15) is 4.79 Å². The molecule has 0 unspecified atom stereocenters. The van der Waals surface area contributed by atoms with Crippen LogP contribution in [0.25, 0.3) is 0 Å². The Kier molecular flexibility index (Phi) is 6.44. The Bertz CT molecular complexity index is 552. The summed E-state index contributed by atoms with van der Waals surface area (Å²) in [6, 6.07) is 0.299. The molecule has 7 nitrogen and oxygen atoms in total. The van der Waals surface area contributed by atoms with Crippen molar-refractivity contribution in [1.29, 1.82) is 0 Å². The second kappa shape index (κ2) is 8.99. The first-order valence-electron chi connectivity index (χ1n) is 9.38. The molecule has 138 valence electrons. The Hall–Kier alpha value is -1.89. The first-order valence-corrected chi connectivity index (χ1v) is 9.38. The van der Waals surface area contributed by atoms with Crippen LogP contribution < -0.4 is 10.1 Å². The maximum absolute atomic E-state index is 12.6. The fraction of sp³-hybridized carbons (Fsp3) is 0.722. The number of hydrogen-bond donors (Lipinski definition) is 1. The Labute approximate surface area is 149 Å². The zero-order chi connectivity index (χ0) is 17.5. The fourth-order valence-electron chi connectivity index (χ4n) is 3.63. The average molecular weight is 347 g/mol. The third-order valence-electron chi connectivity index (χ3n) is 5.10. The van der Waals surface area contributed by atoms with Crippen molar-refractivity contribution < 1.29 is 9.53 Å². The molecule has 3 heterocycles. The molecule has 3 rings (SSSR count). The van der Waals surface area contributed by atoms with E-state index in [1.54, 1.807) is 19.5 Å². The van der Waals surface area contributed by atoms with Gasteiger partial charge in [0.05, 0.1) is 13.7 Å². The highest BCUT2D eigenvalue weighted by Crippen LogP contribution is 2.21. The van der Waals surface area contributed by atoms with Crippen molar-refractivity contribution in [2.24, 2.45) is 0 Å². The van der Waals surface area contributed by atoms with Crippen molar-refractivity contribution in [2.75, 3.05) is 45.2 Å². The van der Waals surface area contributed by atoms with Gasteiger partial charge in [0.1, 0.15) is 0 Å². The van der Waals surface area contributed by atoms with Crippen LogP contribution in [0, 0.1) is 0 Å². The van der Waals surface area contributed by atoms with E-state index >= 15 is 0 Å². The van der Waals surface area contributed by atoms with Crippen molar-refractivity contribution in [2.45, 2.75) is 44.6 Å². The number of nitrogens with zero attached hydrogens (tertiary/aromatic N) is 4. The molecular weight excluding hydrogens is 318 g/mol. The van der Waals surface area contributed by atoms with E-state index in [1.807, 2.05) is 4.90 Å². The van der Waals surface area contributed by atoms with E-state index in [-0.39, 0.29) is 5.91 Å². The van der Waals surface area contributed by atoms with Gasteiger partial charge in [-0.3, -0.25) is 9.69 Å². The predicted octanol–water partition coefficient (Wildman–Crippen LogP) is 1.76. The van der Waals surface area contributed by atoms with Crippen LogP contribution in [0.1, 0.15) is 38.5 Å². The molecule has 2 aliphatic rings. The number of carbonyl (C=O) groups excluding carboxylic acids is 1. The van der Waals surface area contributed by atoms with Gasteiger partial charge in [0, 0.05) is 31.5 Å². The SMILES string of the molecule is COc1nccnc1NC1CCN(C(=O)CN2CCCCCC2)CC1. The fourth-order valence-corrected chi connectivity index (χ4v) is 3.63. The summed E-state index contributed by atoms with van der Waals surface area (Å²) < 4.78 is 5.23. The highest BCUT2D eigenvalue weighted by Gasteiger charge is 2.25. The average Bonchev–Trinajstić information content (AvgIpc) is 2.91. The Morgan fingerprint density at radius 1 is 1.12 bits per heavy atom. The number of nitrogens with one attached hydrogen (secondary N) is 1. The van der Waals surface area contributed by atoms with Crippen molar-refractivity contribution in [1.82, 2.24) is 19.8 Å². The van der Waals surface area contributed by atoms with Gasteiger partial charge < -0.3 is 15.0 Å². The number of carbonyl (C=O) groups is 1. The molecule has 2 aliphatic heterocycles. The molecule has 0 aromatic carbocycles. The lowest BCUT2D eigenvalue weighted by Crippen LogP contribution is -2.46. The van der Waals surface area contributed by atoms with E-state index < -0.39 is 0 Å². The maximum Gasteiger partial charge on any atom is 0.257 e. The van der Waals surface area contributed by atoms with Crippen LogP contribution in [0.3, 0.4) is 0 Å². The molecule has 1 aromatic rings. The molecule has 1 aromatic heterocycles. The zero-order valence-corrected chi connectivity index (χ0v) is 15.1. The third kappa shape index (κ3) is 5.04. The normalized spacial score (nSPS) is 20.1. The van der Waals surface area contributed by atoms with Gasteiger partial charge in [-0.05, 0) is 38.8 Å². The number of hydrogen-bond acceptors (Lipinski definition) is 6. The lowest BCUT2D eigenvalue weighted by molar-refractivity contribution is -0.133. The van der Waals surface area contributed by atoms with Crippen LogP contribution in [0.5, 0.6) is 5.88 Å². The molecular formula is C18H29N5O2. The maximum atomic E-state index is 12.6. The molecule has 0 bridgehead atoms. The van der Waals surface area contributed by atoms with E-state index in [2.05, 4.69) is 20.2 Å². The van der Waals surface area contributed by atoms with Gasteiger partial charge in [0.2, 0.25) is 5.91 Å². The summed E-state index contributed by atoms with van der Waals surface area (Å²) in [5.74, 6) is 1.47. The number of aromatic nitrogens is 2. The van der Waals surface area contributed by atoms with Crippen molar-refractivity contribution >= 4 is 11.7 Å². The van der Waals surface area contributed by atoms with E-state index in [1.165, 1.54) is 25.7 Å². The second-order valence-corrected chi connectivity index (χ2v) is 6.90. The van der Waals surface area contributed by atoms with Gasteiger partial charge >= 0.3 is 0 Å². The molecule has 0 radical (unpaired) electrons. The van der Waals surface area contributed by atoms with Crippen LogP contribution in [0.2, 0.25) is 0 Å². The van der Waals surface area contributed by atoms with Crippen LogP contribution >= 0.6 is 0 Å². The van der Waals surface area contributed by atoms with Crippen molar-refractivity contribution in [3.63, 3.8) is 0 Å². The van der Waals surface area contributed by atoms with Gasteiger partial charge in [-0.25, -0.2) is 9.97 Å². The van der Waals surface area contributed by atoms with Crippen molar-refractivity contribution in [3.05, 3.63) is 12.4 Å². The summed E-state index contributed by atoms with van der Waals surface area (Å²) in [7, 11) is 1.60. The first-order chi connectivity index (χ1) is 12.3. The molecule has 0 atom stereocenters. The number of piperidine rings is 1. The Morgan fingerprint density at radius 3 is 2.48 bits per heavy atom. The molecule has 1 amide bonds. The number of rotatable bonds is 5. The molecule has 1 N–H and O–H groups in total. The van der Waals surface area contributed by atoms with Gasteiger partial charge in [0.15, 0.2) is 5.82 Å². The van der Waals surface area contributed by atoms with Crippen LogP contribution in [0.4, 0.5) is 5.82 Å². The minimum atomic E-state index is 0.275.